The Hall–Kier alpha value is -2.77. The number of amides is 2. The van der Waals surface area contributed by atoms with Gasteiger partial charge in [0, 0.05) is 26.2 Å². The number of methoxy groups -OCH3 is 2. The van der Waals surface area contributed by atoms with Crippen molar-refractivity contribution in [3.8, 4) is 11.5 Å². The van der Waals surface area contributed by atoms with Crippen LogP contribution in [0.25, 0.3) is 0 Å². The summed E-state index contributed by atoms with van der Waals surface area (Å²) in [6.45, 7) is 0.568. The molecule has 0 saturated carbocycles. The van der Waals surface area contributed by atoms with E-state index in [1.807, 2.05) is 0 Å². The molecule has 0 aromatic heterocycles. The van der Waals surface area contributed by atoms with E-state index in [4.69, 9.17) is 14.6 Å². The lowest BCUT2D eigenvalue weighted by atomic mass is 9.98. The van der Waals surface area contributed by atoms with Crippen molar-refractivity contribution in [2.45, 2.75) is 12.8 Å². The molecule has 0 spiro atoms. The van der Waals surface area contributed by atoms with E-state index in [2.05, 4.69) is 0 Å². The summed E-state index contributed by atoms with van der Waals surface area (Å²) < 4.78 is 10.3. The van der Waals surface area contributed by atoms with E-state index >= 15 is 0 Å². The summed E-state index contributed by atoms with van der Waals surface area (Å²) in [5.74, 6) is -1.14. The van der Waals surface area contributed by atoms with Gasteiger partial charge >= 0.3 is 5.97 Å². The molecule has 1 aliphatic rings. The number of ether oxygens (including phenoxy) is 2. The molecule has 1 aromatic rings. The van der Waals surface area contributed by atoms with E-state index in [9.17, 15) is 14.4 Å². The van der Waals surface area contributed by atoms with Crippen LogP contribution in [-0.2, 0) is 9.59 Å². The molecule has 1 N–H and O–H groups in total. The quantitative estimate of drug-likeness (QED) is 0.812. The third-order valence-corrected chi connectivity index (χ3v) is 4.48. The predicted octanol–water partition coefficient (Wildman–Crippen LogP) is 1.10. The largest absolute Gasteiger partial charge is 0.497 e. The Morgan fingerprint density at radius 3 is 2.62 bits per heavy atom. The number of rotatable bonds is 6. The highest BCUT2D eigenvalue weighted by atomic mass is 16.5. The molecule has 8 heteroatoms. The van der Waals surface area contributed by atoms with Crippen molar-refractivity contribution in [2.24, 2.45) is 5.92 Å². The van der Waals surface area contributed by atoms with Crippen molar-refractivity contribution >= 4 is 17.8 Å². The minimum absolute atomic E-state index is 0.125. The highest BCUT2D eigenvalue weighted by Crippen LogP contribution is 2.25. The summed E-state index contributed by atoms with van der Waals surface area (Å²) in [6, 6.07) is 4.83. The van der Waals surface area contributed by atoms with E-state index < -0.39 is 11.9 Å². The summed E-state index contributed by atoms with van der Waals surface area (Å²) in [6.07, 6.45) is 1.21. The molecule has 0 aliphatic carbocycles. The average Bonchev–Trinajstić information content (AvgIpc) is 2.66. The maximum atomic E-state index is 12.7. The number of carboxylic acids is 1. The molecule has 2 rings (SSSR count). The van der Waals surface area contributed by atoms with Crippen molar-refractivity contribution in [1.82, 2.24) is 9.80 Å². The van der Waals surface area contributed by atoms with Crippen molar-refractivity contribution < 1.29 is 29.0 Å². The van der Waals surface area contributed by atoms with Gasteiger partial charge in [0.1, 0.15) is 11.5 Å². The van der Waals surface area contributed by atoms with Crippen molar-refractivity contribution in [1.29, 1.82) is 0 Å². The van der Waals surface area contributed by atoms with Gasteiger partial charge in [-0.2, -0.15) is 0 Å². The lowest BCUT2D eigenvalue weighted by Crippen LogP contribution is -2.46. The van der Waals surface area contributed by atoms with E-state index in [-0.39, 0.29) is 24.9 Å². The van der Waals surface area contributed by atoms with Gasteiger partial charge in [0.05, 0.1) is 32.2 Å². The summed E-state index contributed by atoms with van der Waals surface area (Å²) in [5, 5.41) is 9.13. The van der Waals surface area contributed by atoms with Crippen LogP contribution in [0.1, 0.15) is 23.2 Å². The van der Waals surface area contributed by atoms with Crippen LogP contribution in [0.2, 0.25) is 0 Å². The Balaban J connectivity index is 2.04. The number of carbonyl (C=O) groups is 3. The van der Waals surface area contributed by atoms with E-state index in [1.54, 1.807) is 18.2 Å². The van der Waals surface area contributed by atoms with Crippen LogP contribution in [0.15, 0.2) is 18.2 Å². The molecule has 26 heavy (non-hydrogen) atoms. The molecule has 1 heterocycles. The summed E-state index contributed by atoms with van der Waals surface area (Å²) in [5.41, 5.74) is 0.325. The fraction of sp³-hybridized carbons (Fsp3) is 0.500. The van der Waals surface area contributed by atoms with Gasteiger partial charge in [0.25, 0.3) is 5.91 Å². The number of benzene rings is 1. The van der Waals surface area contributed by atoms with Crippen molar-refractivity contribution in [3.05, 3.63) is 23.8 Å². The van der Waals surface area contributed by atoms with Crippen molar-refractivity contribution in [2.75, 3.05) is 40.9 Å². The van der Waals surface area contributed by atoms with Gasteiger partial charge in [-0.3, -0.25) is 14.4 Å². The van der Waals surface area contributed by atoms with Crippen LogP contribution >= 0.6 is 0 Å². The molecule has 1 aromatic carbocycles. The molecular formula is C18H24N2O6. The highest BCUT2D eigenvalue weighted by molar-refractivity contribution is 5.98. The molecule has 1 atom stereocenters. The van der Waals surface area contributed by atoms with Crippen LogP contribution in [0, 0.1) is 5.92 Å². The Labute approximate surface area is 152 Å². The number of likely N-dealkylation sites (N-methyl/N-ethyl adjacent to an activating group) is 1. The monoisotopic (exact) mass is 364 g/mol. The SMILES string of the molecule is COc1ccc(C(=O)N(C)CC(=O)N2CCCC(C(=O)O)C2)c(OC)c1. The Kier molecular flexibility index (Phi) is 6.43. The number of nitrogens with zero attached hydrogens (tertiary/aromatic N) is 2. The van der Waals surface area contributed by atoms with Gasteiger partial charge in [-0.1, -0.05) is 0 Å². The molecule has 142 valence electrons. The van der Waals surface area contributed by atoms with Crippen LogP contribution in [-0.4, -0.2) is 73.6 Å². The molecular weight excluding hydrogens is 340 g/mol. The zero-order valence-electron chi connectivity index (χ0n) is 15.2. The number of hydrogen-bond donors (Lipinski definition) is 1. The maximum Gasteiger partial charge on any atom is 0.308 e. The molecule has 8 nitrogen and oxygen atoms in total. The smallest absolute Gasteiger partial charge is 0.308 e. The van der Waals surface area contributed by atoms with Gasteiger partial charge in [-0.15, -0.1) is 0 Å². The first-order chi connectivity index (χ1) is 12.4. The average molecular weight is 364 g/mol. The van der Waals surface area contributed by atoms with Crippen molar-refractivity contribution in [3.63, 3.8) is 0 Å². The molecule has 2 amide bonds. The molecule has 1 unspecified atom stereocenters. The molecule has 1 fully saturated rings. The van der Waals surface area contributed by atoms with Gasteiger partial charge in [0.15, 0.2) is 0 Å². The van der Waals surface area contributed by atoms with E-state index in [1.165, 1.54) is 31.1 Å². The first-order valence-corrected chi connectivity index (χ1v) is 8.35. The minimum Gasteiger partial charge on any atom is -0.497 e. The van der Waals surface area contributed by atoms with Crippen LogP contribution < -0.4 is 9.47 Å². The molecule has 0 bridgehead atoms. The molecule has 0 radical (unpaired) electrons. The first-order valence-electron chi connectivity index (χ1n) is 8.35. The van der Waals surface area contributed by atoms with Crippen LogP contribution in [0.5, 0.6) is 11.5 Å². The Bertz CT molecular complexity index is 690. The minimum atomic E-state index is -0.894. The number of carboxylic acid groups (broad SMARTS) is 1. The second kappa shape index (κ2) is 8.55. The standard InChI is InChI=1S/C18H24N2O6/c1-19(11-16(21)20-8-4-5-12(10-20)18(23)24)17(22)14-7-6-13(25-2)9-15(14)26-3/h6-7,9,12H,4-5,8,10-11H2,1-3H3,(H,23,24). The molecule has 1 saturated heterocycles. The lowest BCUT2D eigenvalue weighted by molar-refractivity contribution is -0.145. The number of likely N-dealkylation sites (tertiary alicyclic amines) is 1. The molecule has 1 aliphatic heterocycles. The third-order valence-electron chi connectivity index (χ3n) is 4.48. The summed E-state index contributed by atoms with van der Waals surface area (Å²) in [7, 11) is 4.50. The third kappa shape index (κ3) is 4.44. The number of carbonyl (C=O) groups excluding carboxylic acids is 2. The number of hydrogen-bond acceptors (Lipinski definition) is 5. The topological polar surface area (TPSA) is 96.4 Å². The zero-order valence-corrected chi connectivity index (χ0v) is 15.2. The lowest BCUT2D eigenvalue weighted by Gasteiger charge is -2.32. The van der Waals surface area contributed by atoms with E-state index in [0.29, 0.717) is 36.4 Å². The van der Waals surface area contributed by atoms with Crippen LogP contribution in [0.4, 0.5) is 0 Å². The van der Waals surface area contributed by atoms with Gasteiger partial charge in [-0.05, 0) is 25.0 Å². The van der Waals surface area contributed by atoms with E-state index in [0.717, 1.165) is 0 Å². The maximum absolute atomic E-state index is 12.7. The normalized spacial score (nSPS) is 16.7. The van der Waals surface area contributed by atoms with Gasteiger partial charge in [-0.25, -0.2) is 0 Å². The number of aliphatic carboxylic acids is 1. The van der Waals surface area contributed by atoms with Gasteiger partial charge < -0.3 is 24.4 Å². The van der Waals surface area contributed by atoms with Gasteiger partial charge in [0.2, 0.25) is 5.91 Å². The Morgan fingerprint density at radius 1 is 1.27 bits per heavy atom. The van der Waals surface area contributed by atoms with Crippen LogP contribution in [0.3, 0.4) is 0 Å². The zero-order chi connectivity index (χ0) is 19.3. The summed E-state index contributed by atoms with van der Waals surface area (Å²) >= 11 is 0. The number of piperidine rings is 1. The Morgan fingerprint density at radius 2 is 2.00 bits per heavy atom. The predicted molar refractivity (Wildman–Crippen MR) is 93.4 cm³/mol. The first kappa shape index (κ1) is 19.6. The summed E-state index contributed by atoms with van der Waals surface area (Å²) in [4.78, 5) is 39.1. The second-order valence-electron chi connectivity index (χ2n) is 6.24. The second-order valence-corrected chi connectivity index (χ2v) is 6.24. The fourth-order valence-corrected chi connectivity index (χ4v) is 2.96. The highest BCUT2D eigenvalue weighted by Gasteiger charge is 2.29. The fourth-order valence-electron chi connectivity index (χ4n) is 2.96.